The summed E-state index contributed by atoms with van der Waals surface area (Å²) in [5.41, 5.74) is 3.52. The summed E-state index contributed by atoms with van der Waals surface area (Å²) in [6.07, 6.45) is -0.620. The van der Waals surface area contributed by atoms with Crippen LogP contribution in [0.15, 0.2) is 72.8 Å². The Morgan fingerprint density at radius 2 is 1.77 bits per heavy atom. The van der Waals surface area contributed by atoms with Gasteiger partial charge in [0.15, 0.2) is 0 Å². The van der Waals surface area contributed by atoms with Gasteiger partial charge in [0, 0.05) is 12.2 Å². The Kier molecular flexibility index (Phi) is 7.71. The van der Waals surface area contributed by atoms with Crippen LogP contribution in [-0.2, 0) is 22.7 Å². The number of methoxy groups -OCH3 is 1. The molecule has 1 unspecified atom stereocenters. The second-order valence-electron chi connectivity index (χ2n) is 6.83. The van der Waals surface area contributed by atoms with E-state index in [9.17, 15) is 4.79 Å². The van der Waals surface area contributed by atoms with Crippen LogP contribution in [-0.4, -0.2) is 19.1 Å². The Bertz CT molecular complexity index is 979. The van der Waals surface area contributed by atoms with Crippen molar-refractivity contribution in [2.75, 3.05) is 17.7 Å². The molecule has 3 aromatic carbocycles. The van der Waals surface area contributed by atoms with E-state index < -0.39 is 6.10 Å². The molecule has 0 aliphatic heterocycles. The van der Waals surface area contributed by atoms with Gasteiger partial charge in [0.1, 0.15) is 11.9 Å². The number of carbonyl (C=O) groups excluding carboxylic acids is 1. The molecule has 1 amide bonds. The van der Waals surface area contributed by atoms with Crippen LogP contribution in [0.2, 0.25) is 5.02 Å². The number of hydrogen-bond donors (Lipinski definition) is 2. The smallest absolute Gasteiger partial charge is 0.253 e. The van der Waals surface area contributed by atoms with E-state index in [4.69, 9.17) is 21.1 Å². The third-order valence-electron chi connectivity index (χ3n) is 4.57. The third kappa shape index (κ3) is 6.24. The summed E-state index contributed by atoms with van der Waals surface area (Å²) >= 11 is 6.37. The average molecular weight is 425 g/mol. The molecule has 3 rings (SSSR count). The monoisotopic (exact) mass is 424 g/mol. The second kappa shape index (κ2) is 10.7. The molecule has 0 aliphatic rings. The van der Waals surface area contributed by atoms with Gasteiger partial charge in [-0.05, 0) is 48.4 Å². The summed E-state index contributed by atoms with van der Waals surface area (Å²) in [4.78, 5) is 12.4. The van der Waals surface area contributed by atoms with E-state index in [2.05, 4.69) is 10.6 Å². The van der Waals surface area contributed by atoms with Gasteiger partial charge in [-0.3, -0.25) is 4.79 Å². The maximum absolute atomic E-state index is 12.4. The van der Waals surface area contributed by atoms with E-state index in [1.807, 2.05) is 66.7 Å². The van der Waals surface area contributed by atoms with Crippen LogP contribution in [0.3, 0.4) is 0 Å². The number of amides is 1. The molecular weight excluding hydrogens is 400 g/mol. The molecule has 3 aromatic rings. The summed E-state index contributed by atoms with van der Waals surface area (Å²) in [6.45, 7) is 2.70. The van der Waals surface area contributed by atoms with Gasteiger partial charge < -0.3 is 20.1 Å². The summed E-state index contributed by atoms with van der Waals surface area (Å²) in [5, 5.41) is 6.68. The van der Waals surface area contributed by atoms with E-state index >= 15 is 0 Å². The highest BCUT2D eigenvalue weighted by atomic mass is 35.5. The van der Waals surface area contributed by atoms with Crippen molar-refractivity contribution in [3.63, 3.8) is 0 Å². The minimum atomic E-state index is -0.620. The number of benzene rings is 3. The second-order valence-corrected chi connectivity index (χ2v) is 7.23. The maximum atomic E-state index is 12.4. The van der Waals surface area contributed by atoms with E-state index in [1.165, 1.54) is 0 Å². The van der Waals surface area contributed by atoms with Gasteiger partial charge in [-0.15, -0.1) is 0 Å². The van der Waals surface area contributed by atoms with Crippen molar-refractivity contribution in [1.29, 1.82) is 0 Å². The number of nitrogens with one attached hydrogen (secondary N) is 2. The highest BCUT2D eigenvalue weighted by Gasteiger charge is 2.14. The molecule has 0 spiro atoms. The normalized spacial score (nSPS) is 11.6. The summed E-state index contributed by atoms with van der Waals surface area (Å²) in [7, 11) is 1.61. The lowest BCUT2D eigenvalue weighted by Crippen LogP contribution is -2.27. The lowest BCUT2D eigenvalue weighted by molar-refractivity contribution is -0.127. The Hall–Kier alpha value is -3.02. The zero-order valence-electron chi connectivity index (χ0n) is 17.0. The molecule has 6 heteroatoms. The predicted octanol–water partition coefficient (Wildman–Crippen LogP) is 5.50. The van der Waals surface area contributed by atoms with Crippen molar-refractivity contribution in [3.05, 3.63) is 88.9 Å². The van der Waals surface area contributed by atoms with Gasteiger partial charge in [0.05, 0.1) is 24.4 Å². The molecule has 0 saturated heterocycles. The van der Waals surface area contributed by atoms with Crippen LogP contribution < -0.4 is 15.4 Å². The number of anilines is 2. The Labute approximate surface area is 182 Å². The number of halogens is 1. The first-order valence-corrected chi connectivity index (χ1v) is 10.1. The molecular formula is C24H25ClN2O3. The number of hydrogen-bond acceptors (Lipinski definition) is 4. The van der Waals surface area contributed by atoms with Crippen molar-refractivity contribution in [3.8, 4) is 5.75 Å². The molecule has 0 radical (unpaired) electrons. The molecule has 2 N–H and O–H groups in total. The van der Waals surface area contributed by atoms with Crippen LogP contribution >= 0.6 is 11.6 Å². The number of rotatable bonds is 9. The van der Waals surface area contributed by atoms with Crippen LogP contribution in [0, 0.1) is 0 Å². The highest BCUT2D eigenvalue weighted by molar-refractivity contribution is 6.33. The molecule has 0 bridgehead atoms. The van der Waals surface area contributed by atoms with Gasteiger partial charge in [0.25, 0.3) is 5.91 Å². The zero-order valence-corrected chi connectivity index (χ0v) is 17.8. The Morgan fingerprint density at radius 1 is 1.00 bits per heavy atom. The number of ether oxygens (including phenoxy) is 2. The van der Waals surface area contributed by atoms with Crippen molar-refractivity contribution in [2.24, 2.45) is 0 Å². The van der Waals surface area contributed by atoms with Gasteiger partial charge in [-0.2, -0.15) is 0 Å². The fraction of sp³-hybridized carbons (Fsp3) is 0.208. The average Bonchev–Trinajstić information content (AvgIpc) is 2.77. The fourth-order valence-electron chi connectivity index (χ4n) is 2.83. The molecule has 0 aromatic heterocycles. The SMILES string of the molecule is COc1cccc(COC(C)C(=O)Nc2ccc(NCc3ccccc3)c(Cl)c2)c1. The number of carbonyl (C=O) groups is 1. The molecule has 0 heterocycles. The van der Waals surface area contributed by atoms with Crippen LogP contribution in [0.25, 0.3) is 0 Å². The van der Waals surface area contributed by atoms with E-state index in [-0.39, 0.29) is 5.91 Å². The van der Waals surface area contributed by atoms with Gasteiger partial charge in [-0.1, -0.05) is 54.1 Å². The van der Waals surface area contributed by atoms with Gasteiger partial charge in [0.2, 0.25) is 0 Å². The molecule has 1 atom stereocenters. The molecule has 30 heavy (non-hydrogen) atoms. The minimum Gasteiger partial charge on any atom is -0.497 e. The van der Waals surface area contributed by atoms with E-state index in [1.54, 1.807) is 20.1 Å². The molecule has 0 fully saturated rings. The molecule has 0 aliphatic carbocycles. The first kappa shape index (κ1) is 21.7. The maximum Gasteiger partial charge on any atom is 0.253 e. The van der Waals surface area contributed by atoms with Crippen LogP contribution in [0.4, 0.5) is 11.4 Å². The first-order chi connectivity index (χ1) is 14.5. The summed E-state index contributed by atoms with van der Waals surface area (Å²) < 4.78 is 10.9. The van der Waals surface area contributed by atoms with Crippen LogP contribution in [0.1, 0.15) is 18.1 Å². The Morgan fingerprint density at radius 3 is 2.50 bits per heavy atom. The molecule has 0 saturated carbocycles. The van der Waals surface area contributed by atoms with Crippen molar-refractivity contribution >= 4 is 28.9 Å². The van der Waals surface area contributed by atoms with E-state index in [0.717, 1.165) is 22.6 Å². The van der Waals surface area contributed by atoms with Gasteiger partial charge >= 0.3 is 0 Å². The quantitative estimate of drug-likeness (QED) is 0.476. The molecule has 5 nitrogen and oxygen atoms in total. The van der Waals surface area contributed by atoms with Crippen LogP contribution in [0.5, 0.6) is 5.75 Å². The minimum absolute atomic E-state index is 0.237. The third-order valence-corrected chi connectivity index (χ3v) is 4.88. The van der Waals surface area contributed by atoms with Gasteiger partial charge in [-0.25, -0.2) is 0 Å². The Balaban J connectivity index is 1.52. The predicted molar refractivity (Wildman–Crippen MR) is 121 cm³/mol. The van der Waals surface area contributed by atoms with Crippen molar-refractivity contribution in [1.82, 2.24) is 0 Å². The topological polar surface area (TPSA) is 59.6 Å². The summed E-state index contributed by atoms with van der Waals surface area (Å²) in [6, 6.07) is 23.0. The largest absolute Gasteiger partial charge is 0.497 e. The van der Waals surface area contributed by atoms with E-state index in [0.29, 0.717) is 23.9 Å². The zero-order chi connectivity index (χ0) is 21.3. The highest BCUT2D eigenvalue weighted by Crippen LogP contribution is 2.26. The lowest BCUT2D eigenvalue weighted by atomic mass is 10.2. The molecule has 156 valence electrons. The first-order valence-electron chi connectivity index (χ1n) is 9.68. The lowest BCUT2D eigenvalue weighted by Gasteiger charge is -2.15. The standard InChI is InChI=1S/C24H25ClN2O3/c1-17(30-16-19-9-6-10-21(13-19)29-2)24(28)27-20-11-12-23(22(25)14-20)26-15-18-7-4-3-5-8-18/h3-14,17,26H,15-16H2,1-2H3,(H,27,28). The van der Waals surface area contributed by atoms with Crippen molar-refractivity contribution < 1.29 is 14.3 Å². The van der Waals surface area contributed by atoms with Crippen molar-refractivity contribution in [2.45, 2.75) is 26.2 Å². The summed E-state index contributed by atoms with van der Waals surface area (Å²) in [5.74, 6) is 0.516. The fourth-order valence-corrected chi connectivity index (χ4v) is 3.08.